The lowest BCUT2D eigenvalue weighted by Crippen LogP contribution is -2.46. The number of piperidine rings is 1. The first-order valence-electron chi connectivity index (χ1n) is 9.73. The van der Waals surface area contributed by atoms with Crippen molar-refractivity contribution in [2.75, 3.05) is 31.6 Å². The Morgan fingerprint density at radius 1 is 1.14 bits per heavy atom. The van der Waals surface area contributed by atoms with E-state index in [0.29, 0.717) is 12.4 Å². The van der Waals surface area contributed by atoms with Gasteiger partial charge < -0.3 is 10.1 Å². The molecule has 0 saturated carbocycles. The minimum absolute atomic E-state index is 0.0296. The summed E-state index contributed by atoms with van der Waals surface area (Å²) in [6.45, 7) is 2.82. The van der Waals surface area contributed by atoms with Crippen molar-refractivity contribution in [2.45, 2.75) is 37.5 Å². The number of aromatic nitrogens is 3. The highest BCUT2D eigenvalue weighted by molar-refractivity contribution is 5.30. The van der Waals surface area contributed by atoms with Crippen molar-refractivity contribution >= 4 is 5.95 Å². The average molecular weight is 413 g/mol. The van der Waals surface area contributed by atoms with Crippen LogP contribution in [0, 0.1) is 11.7 Å². The molecule has 1 aromatic heterocycles. The number of likely N-dealkylation sites (tertiary alicyclic amines) is 1. The van der Waals surface area contributed by atoms with Crippen molar-refractivity contribution in [3.8, 4) is 5.75 Å². The topological polar surface area (TPSA) is 55.2 Å². The van der Waals surface area contributed by atoms with E-state index in [9.17, 15) is 17.6 Å². The van der Waals surface area contributed by atoms with Crippen molar-refractivity contribution in [2.24, 2.45) is 5.92 Å². The Morgan fingerprint density at radius 2 is 1.86 bits per heavy atom. The largest absolute Gasteiger partial charge is 0.492 e. The van der Waals surface area contributed by atoms with Gasteiger partial charge in [0.25, 0.3) is 0 Å². The Morgan fingerprint density at radius 3 is 2.55 bits per heavy atom. The van der Waals surface area contributed by atoms with Gasteiger partial charge in [0.1, 0.15) is 24.5 Å². The molecule has 1 saturated heterocycles. The summed E-state index contributed by atoms with van der Waals surface area (Å²) in [6.07, 6.45) is -1.59. The van der Waals surface area contributed by atoms with Gasteiger partial charge in [0.2, 0.25) is 5.95 Å². The van der Waals surface area contributed by atoms with Gasteiger partial charge in [0.05, 0.1) is 0 Å². The molecule has 0 spiro atoms. The second-order valence-corrected chi connectivity index (χ2v) is 7.55. The van der Waals surface area contributed by atoms with Crippen LogP contribution in [-0.4, -0.2) is 58.1 Å². The number of ether oxygens (including phenoxy) is 1. The molecule has 3 heterocycles. The predicted molar refractivity (Wildman–Crippen MR) is 98.2 cm³/mol. The first-order valence-corrected chi connectivity index (χ1v) is 9.73. The number of benzene rings is 1. The minimum atomic E-state index is -4.35. The molecule has 0 unspecified atom stereocenters. The third kappa shape index (κ3) is 4.63. The van der Waals surface area contributed by atoms with E-state index < -0.39 is 12.2 Å². The van der Waals surface area contributed by atoms with Gasteiger partial charge in [-0.2, -0.15) is 23.3 Å². The fourth-order valence-corrected chi connectivity index (χ4v) is 4.13. The highest BCUT2D eigenvalue weighted by Gasteiger charge is 2.47. The number of halogens is 4. The molecule has 1 fully saturated rings. The number of rotatable bonds is 5. The lowest BCUT2D eigenvalue weighted by molar-refractivity contribution is -0.174. The molecular formula is C19H23F4N5O. The van der Waals surface area contributed by atoms with E-state index in [-0.39, 0.29) is 30.1 Å². The first kappa shape index (κ1) is 19.9. The van der Waals surface area contributed by atoms with Crippen molar-refractivity contribution < 1.29 is 22.3 Å². The highest BCUT2D eigenvalue weighted by Crippen LogP contribution is 2.41. The molecule has 29 heavy (non-hydrogen) atoms. The fraction of sp³-hybridized carbons (Fsp3) is 0.579. The van der Waals surface area contributed by atoms with Gasteiger partial charge in [-0.25, -0.2) is 9.07 Å². The van der Waals surface area contributed by atoms with Gasteiger partial charge in [-0.3, -0.25) is 4.90 Å². The van der Waals surface area contributed by atoms with Crippen LogP contribution in [0.3, 0.4) is 0 Å². The van der Waals surface area contributed by atoms with Crippen molar-refractivity contribution in [3.05, 3.63) is 36.4 Å². The van der Waals surface area contributed by atoms with Crippen LogP contribution in [-0.2, 0) is 0 Å². The van der Waals surface area contributed by atoms with Crippen molar-refractivity contribution in [1.29, 1.82) is 0 Å². The number of hydrogen-bond acceptors (Lipinski definition) is 5. The lowest BCUT2D eigenvalue weighted by Gasteiger charge is -2.40. The molecule has 2 aliphatic heterocycles. The van der Waals surface area contributed by atoms with E-state index >= 15 is 0 Å². The molecular weight excluding hydrogens is 390 g/mol. The summed E-state index contributed by atoms with van der Waals surface area (Å²) >= 11 is 0. The Balaban J connectivity index is 1.27. The van der Waals surface area contributed by atoms with Crippen LogP contribution in [0.4, 0.5) is 23.5 Å². The monoisotopic (exact) mass is 413 g/mol. The molecule has 0 aliphatic carbocycles. The molecule has 1 N–H and O–H groups in total. The maximum absolute atomic E-state index is 13.4. The number of hydrogen-bond donors (Lipinski definition) is 1. The minimum Gasteiger partial charge on any atom is -0.492 e. The maximum atomic E-state index is 13.4. The molecule has 10 heteroatoms. The Labute approximate surface area is 165 Å². The van der Waals surface area contributed by atoms with Crippen LogP contribution in [0.1, 0.15) is 25.3 Å². The molecule has 6 nitrogen and oxygen atoms in total. The number of alkyl halides is 3. The Kier molecular flexibility index (Phi) is 5.62. The van der Waals surface area contributed by atoms with Crippen LogP contribution >= 0.6 is 0 Å². The molecule has 1 aromatic carbocycles. The smallest absolute Gasteiger partial charge is 0.411 e. The first-order chi connectivity index (χ1) is 13.9. The normalized spacial score (nSPS) is 23.4. The molecule has 0 radical (unpaired) electrons. The highest BCUT2D eigenvalue weighted by atomic mass is 19.4. The summed E-state index contributed by atoms with van der Waals surface area (Å²) in [6, 6.07) is 3.99. The number of nitrogens with one attached hydrogen (secondary N) is 1. The summed E-state index contributed by atoms with van der Waals surface area (Å²) in [7, 11) is 0. The van der Waals surface area contributed by atoms with E-state index in [2.05, 4.69) is 20.3 Å². The van der Waals surface area contributed by atoms with Gasteiger partial charge in [-0.1, -0.05) is 0 Å². The summed E-state index contributed by atoms with van der Waals surface area (Å²) in [5.74, 6) is 0.662. The zero-order chi connectivity index (χ0) is 20.4. The molecule has 4 rings (SSSR count). The Hall–Kier alpha value is -2.36. The summed E-state index contributed by atoms with van der Waals surface area (Å²) in [4.78, 5) is 6.19. The molecule has 2 aromatic rings. The van der Waals surface area contributed by atoms with Gasteiger partial charge in [-0.05, 0) is 62.5 Å². The summed E-state index contributed by atoms with van der Waals surface area (Å²) < 4.78 is 59.8. The van der Waals surface area contributed by atoms with E-state index in [1.807, 2.05) is 0 Å². The van der Waals surface area contributed by atoms with Gasteiger partial charge >= 0.3 is 6.18 Å². The van der Waals surface area contributed by atoms with Crippen LogP contribution in [0.15, 0.2) is 30.6 Å². The third-order valence-corrected chi connectivity index (χ3v) is 5.73. The summed E-state index contributed by atoms with van der Waals surface area (Å²) in [5, 5.41) is 6.89. The van der Waals surface area contributed by atoms with E-state index in [4.69, 9.17) is 4.74 Å². The second kappa shape index (κ2) is 8.17. The lowest BCUT2D eigenvalue weighted by atomic mass is 9.85. The van der Waals surface area contributed by atoms with Crippen LogP contribution in [0.5, 0.6) is 5.75 Å². The predicted octanol–water partition coefficient (Wildman–Crippen LogP) is 3.50. The van der Waals surface area contributed by atoms with E-state index in [0.717, 1.165) is 43.5 Å². The van der Waals surface area contributed by atoms with Gasteiger partial charge in [0, 0.05) is 12.6 Å². The van der Waals surface area contributed by atoms with E-state index in [1.54, 1.807) is 12.1 Å². The number of nitrogens with zero attached hydrogens (tertiary/aromatic N) is 4. The van der Waals surface area contributed by atoms with Crippen molar-refractivity contribution in [1.82, 2.24) is 19.7 Å². The number of anilines is 1. The SMILES string of the molecule is Fc1ccc(OCCN2CCC([C@@H]3C[C@H](C(F)(F)F)n4ncnc4N3)CC2)cc1. The number of fused-ring (bicyclic) bond motifs is 1. The maximum Gasteiger partial charge on any atom is 0.411 e. The van der Waals surface area contributed by atoms with Crippen LogP contribution < -0.4 is 10.1 Å². The Bertz CT molecular complexity index is 802. The molecule has 2 atom stereocenters. The van der Waals surface area contributed by atoms with Crippen LogP contribution in [0.2, 0.25) is 0 Å². The standard InChI is InChI=1S/C19H23F4N5O/c20-14-1-3-15(4-2-14)29-10-9-27-7-5-13(6-8-27)16-11-17(19(21,22)23)28-18(26-16)24-12-25-28/h1-4,12-13,16-17H,5-11H2,(H,24,25,26)/t16-,17+/m0/s1. The van der Waals surface area contributed by atoms with Crippen LogP contribution in [0.25, 0.3) is 0 Å². The zero-order valence-corrected chi connectivity index (χ0v) is 15.8. The summed E-state index contributed by atoms with van der Waals surface area (Å²) in [5.41, 5.74) is 0. The zero-order valence-electron chi connectivity index (χ0n) is 15.8. The van der Waals surface area contributed by atoms with Gasteiger partial charge in [0.15, 0.2) is 6.04 Å². The molecule has 2 aliphatic rings. The molecule has 0 amide bonds. The van der Waals surface area contributed by atoms with Crippen molar-refractivity contribution in [3.63, 3.8) is 0 Å². The fourth-order valence-electron chi connectivity index (χ4n) is 4.13. The van der Waals surface area contributed by atoms with Gasteiger partial charge in [-0.15, -0.1) is 0 Å². The average Bonchev–Trinajstić information content (AvgIpc) is 3.17. The second-order valence-electron chi connectivity index (χ2n) is 7.55. The van der Waals surface area contributed by atoms with E-state index in [1.165, 1.54) is 12.1 Å². The quantitative estimate of drug-likeness (QED) is 0.761. The molecule has 0 bridgehead atoms. The third-order valence-electron chi connectivity index (χ3n) is 5.73. The molecule has 158 valence electrons.